The van der Waals surface area contributed by atoms with Crippen LogP contribution in [-0.2, 0) is 19.0 Å². The summed E-state index contributed by atoms with van der Waals surface area (Å²) in [4.78, 5) is 11.4. The van der Waals surface area contributed by atoms with Crippen molar-refractivity contribution in [1.82, 2.24) is 5.32 Å². The van der Waals surface area contributed by atoms with Gasteiger partial charge in [0.2, 0.25) is 5.91 Å². The Hall–Kier alpha value is -0.650. The zero-order chi connectivity index (χ0) is 12.7. The molecule has 1 atom stereocenters. The van der Waals surface area contributed by atoms with E-state index in [9.17, 15) is 4.79 Å². The minimum absolute atomic E-state index is 0.00518. The predicted octanol–water partition coefficient (Wildman–Crippen LogP) is 1.07. The van der Waals surface area contributed by atoms with E-state index in [2.05, 4.69) is 5.32 Å². The van der Waals surface area contributed by atoms with Crippen molar-refractivity contribution in [3.63, 3.8) is 0 Å². The zero-order valence-electron chi connectivity index (χ0n) is 11.0. The van der Waals surface area contributed by atoms with Crippen molar-refractivity contribution < 1.29 is 19.0 Å². The molecule has 0 aromatic carbocycles. The first kappa shape index (κ1) is 14.4. The number of carbonyl (C=O) groups excluding carboxylic acids is 1. The number of hydrogen-bond donors (Lipinski definition) is 1. The second kappa shape index (κ2) is 6.93. The summed E-state index contributed by atoms with van der Waals surface area (Å²) in [6, 6.07) is 0. The largest absolute Gasteiger partial charge is 0.381 e. The van der Waals surface area contributed by atoms with Crippen LogP contribution in [0.1, 0.15) is 33.6 Å². The predicted molar refractivity (Wildman–Crippen MR) is 63.6 cm³/mol. The number of nitrogens with one attached hydrogen (secondary N) is 1. The number of rotatable bonds is 7. The van der Waals surface area contributed by atoms with Crippen molar-refractivity contribution in [1.29, 1.82) is 0 Å². The summed E-state index contributed by atoms with van der Waals surface area (Å²) < 4.78 is 16.2. The van der Waals surface area contributed by atoms with Gasteiger partial charge in [0.1, 0.15) is 6.10 Å². The average Bonchev–Trinajstić information content (AvgIpc) is 2.62. The zero-order valence-corrected chi connectivity index (χ0v) is 11.0. The lowest BCUT2D eigenvalue weighted by atomic mass is 10.3. The van der Waals surface area contributed by atoms with Gasteiger partial charge in [-0.05, 0) is 20.3 Å². The van der Waals surface area contributed by atoms with Crippen molar-refractivity contribution in [2.75, 3.05) is 26.4 Å². The van der Waals surface area contributed by atoms with E-state index in [1.807, 2.05) is 20.8 Å². The SMILES string of the molecule is CCCOCCC(=O)NCC1COC(C)(C)O1. The van der Waals surface area contributed by atoms with E-state index < -0.39 is 5.79 Å². The molecule has 5 heteroatoms. The molecular weight excluding hydrogens is 222 g/mol. The molecule has 1 fully saturated rings. The lowest BCUT2D eigenvalue weighted by Gasteiger charge is -2.17. The van der Waals surface area contributed by atoms with Crippen molar-refractivity contribution in [3.8, 4) is 0 Å². The molecule has 1 saturated heterocycles. The molecule has 1 heterocycles. The summed E-state index contributed by atoms with van der Waals surface area (Å²) in [7, 11) is 0. The highest BCUT2D eigenvalue weighted by Gasteiger charge is 2.32. The number of hydrogen-bond acceptors (Lipinski definition) is 4. The van der Waals surface area contributed by atoms with E-state index in [4.69, 9.17) is 14.2 Å². The van der Waals surface area contributed by atoms with Crippen LogP contribution in [-0.4, -0.2) is 44.2 Å². The van der Waals surface area contributed by atoms with Crippen LogP contribution in [0.25, 0.3) is 0 Å². The molecule has 0 aromatic rings. The van der Waals surface area contributed by atoms with Gasteiger partial charge in [-0.2, -0.15) is 0 Å². The van der Waals surface area contributed by atoms with Crippen LogP contribution in [0.4, 0.5) is 0 Å². The molecule has 0 saturated carbocycles. The van der Waals surface area contributed by atoms with Crippen LogP contribution in [0.5, 0.6) is 0 Å². The minimum Gasteiger partial charge on any atom is -0.381 e. The van der Waals surface area contributed by atoms with Gasteiger partial charge >= 0.3 is 0 Å². The molecule has 1 unspecified atom stereocenters. The Morgan fingerprint density at radius 3 is 2.82 bits per heavy atom. The monoisotopic (exact) mass is 245 g/mol. The van der Waals surface area contributed by atoms with Crippen LogP contribution in [0.2, 0.25) is 0 Å². The van der Waals surface area contributed by atoms with Gasteiger partial charge < -0.3 is 19.5 Å². The molecule has 0 radical (unpaired) electrons. The fraction of sp³-hybridized carbons (Fsp3) is 0.917. The van der Waals surface area contributed by atoms with Gasteiger partial charge in [-0.3, -0.25) is 4.79 Å². The van der Waals surface area contributed by atoms with Crippen LogP contribution in [0.15, 0.2) is 0 Å². The molecule has 17 heavy (non-hydrogen) atoms. The maximum atomic E-state index is 11.4. The first-order chi connectivity index (χ1) is 8.03. The fourth-order valence-corrected chi connectivity index (χ4v) is 1.59. The Balaban J connectivity index is 2.04. The third kappa shape index (κ3) is 6.00. The molecule has 1 amide bonds. The molecule has 0 aliphatic carbocycles. The Morgan fingerprint density at radius 2 is 2.24 bits per heavy atom. The van der Waals surface area contributed by atoms with E-state index in [0.29, 0.717) is 32.8 Å². The van der Waals surface area contributed by atoms with E-state index >= 15 is 0 Å². The maximum Gasteiger partial charge on any atom is 0.222 e. The Kier molecular flexibility index (Phi) is 5.88. The molecular formula is C12H23NO4. The Morgan fingerprint density at radius 1 is 1.47 bits per heavy atom. The molecule has 1 N–H and O–H groups in total. The highest BCUT2D eigenvalue weighted by atomic mass is 16.7. The summed E-state index contributed by atoms with van der Waals surface area (Å²) in [5.74, 6) is -0.533. The first-order valence-electron chi connectivity index (χ1n) is 6.19. The topological polar surface area (TPSA) is 56.8 Å². The van der Waals surface area contributed by atoms with Crippen LogP contribution < -0.4 is 5.32 Å². The quantitative estimate of drug-likeness (QED) is 0.682. The third-order valence-electron chi connectivity index (χ3n) is 2.42. The minimum atomic E-state index is -0.528. The Bertz CT molecular complexity index is 243. The van der Waals surface area contributed by atoms with E-state index in [1.54, 1.807) is 0 Å². The van der Waals surface area contributed by atoms with E-state index in [-0.39, 0.29) is 12.0 Å². The molecule has 1 aliphatic heterocycles. The molecule has 1 aliphatic rings. The van der Waals surface area contributed by atoms with Gasteiger partial charge in [0, 0.05) is 19.6 Å². The van der Waals surface area contributed by atoms with Gasteiger partial charge in [0.25, 0.3) is 0 Å². The third-order valence-corrected chi connectivity index (χ3v) is 2.42. The lowest BCUT2D eigenvalue weighted by molar-refractivity contribution is -0.139. The van der Waals surface area contributed by atoms with Gasteiger partial charge in [-0.25, -0.2) is 0 Å². The van der Waals surface area contributed by atoms with Crippen molar-refractivity contribution in [3.05, 3.63) is 0 Å². The van der Waals surface area contributed by atoms with E-state index in [0.717, 1.165) is 6.42 Å². The molecule has 0 aromatic heterocycles. The Labute approximate surface area is 103 Å². The second-order valence-corrected chi connectivity index (χ2v) is 4.62. The average molecular weight is 245 g/mol. The highest BCUT2D eigenvalue weighted by molar-refractivity contribution is 5.75. The van der Waals surface area contributed by atoms with E-state index in [1.165, 1.54) is 0 Å². The van der Waals surface area contributed by atoms with Crippen LogP contribution >= 0.6 is 0 Å². The van der Waals surface area contributed by atoms with Crippen molar-refractivity contribution in [2.45, 2.75) is 45.5 Å². The van der Waals surface area contributed by atoms with Crippen molar-refractivity contribution >= 4 is 5.91 Å². The maximum absolute atomic E-state index is 11.4. The fourth-order valence-electron chi connectivity index (χ4n) is 1.59. The lowest BCUT2D eigenvalue weighted by Crippen LogP contribution is -2.34. The van der Waals surface area contributed by atoms with Crippen LogP contribution in [0.3, 0.4) is 0 Å². The summed E-state index contributed by atoms with van der Waals surface area (Å²) in [6.07, 6.45) is 1.33. The number of amides is 1. The van der Waals surface area contributed by atoms with Crippen molar-refractivity contribution in [2.24, 2.45) is 0 Å². The molecule has 5 nitrogen and oxygen atoms in total. The molecule has 0 bridgehead atoms. The van der Waals surface area contributed by atoms with Gasteiger partial charge in [0.05, 0.1) is 13.2 Å². The van der Waals surface area contributed by atoms with Gasteiger partial charge in [-0.1, -0.05) is 6.92 Å². The summed E-state index contributed by atoms with van der Waals surface area (Å²) >= 11 is 0. The smallest absolute Gasteiger partial charge is 0.222 e. The first-order valence-corrected chi connectivity index (χ1v) is 6.19. The molecule has 0 spiro atoms. The second-order valence-electron chi connectivity index (χ2n) is 4.62. The molecule has 1 rings (SSSR count). The summed E-state index contributed by atoms with van der Waals surface area (Å²) in [5, 5.41) is 2.82. The number of ether oxygens (including phenoxy) is 3. The van der Waals surface area contributed by atoms with Crippen LogP contribution in [0, 0.1) is 0 Å². The summed E-state index contributed by atoms with van der Waals surface area (Å²) in [5.41, 5.74) is 0. The standard InChI is InChI=1S/C12H23NO4/c1-4-6-15-7-5-11(14)13-8-10-9-16-12(2,3)17-10/h10H,4-9H2,1-3H3,(H,13,14). The highest BCUT2D eigenvalue weighted by Crippen LogP contribution is 2.21. The van der Waals surface area contributed by atoms with Gasteiger partial charge in [-0.15, -0.1) is 0 Å². The van der Waals surface area contributed by atoms with Gasteiger partial charge in [0.15, 0.2) is 5.79 Å². The number of carbonyl (C=O) groups is 1. The normalized spacial score (nSPS) is 22.6. The summed E-state index contributed by atoms with van der Waals surface area (Å²) in [6.45, 7) is 7.99. The molecule has 100 valence electrons.